The van der Waals surface area contributed by atoms with Crippen LogP contribution < -0.4 is 9.47 Å². The normalized spacial score (nSPS) is 12.5. The Morgan fingerprint density at radius 2 is 1.94 bits per heavy atom. The van der Waals surface area contributed by atoms with E-state index in [9.17, 15) is 27.5 Å². The van der Waals surface area contributed by atoms with Crippen LogP contribution >= 0.6 is 0 Å². The summed E-state index contributed by atoms with van der Waals surface area (Å²) in [5.41, 5.74) is 0.442. The van der Waals surface area contributed by atoms with Crippen LogP contribution in [0.25, 0.3) is 11.1 Å². The fraction of sp³-hybridized carbons (Fsp3) is 0.250. The Hall–Kier alpha value is -3.63. The standard InChI is InChI=1S/C20H16F4N2O5/c1-10-25-26-19(30-10)16(9-18(27)28)12-5-11(6-13(21)7-12)15-8-14(31-20(22,23)24)3-4-17(15)29-2/h3-8,16H,9H2,1-2H3,(H,27,28). The van der Waals surface area contributed by atoms with Gasteiger partial charge in [0.25, 0.3) is 0 Å². The zero-order valence-electron chi connectivity index (χ0n) is 16.2. The highest BCUT2D eigenvalue weighted by Gasteiger charge is 2.31. The minimum atomic E-state index is -4.92. The number of hydrogen-bond acceptors (Lipinski definition) is 6. The van der Waals surface area contributed by atoms with E-state index < -0.39 is 36.2 Å². The molecule has 11 heteroatoms. The van der Waals surface area contributed by atoms with Crippen molar-refractivity contribution in [2.75, 3.05) is 7.11 Å². The van der Waals surface area contributed by atoms with Gasteiger partial charge in [0.2, 0.25) is 11.8 Å². The number of aryl methyl sites for hydroxylation is 1. The van der Waals surface area contributed by atoms with Crippen molar-refractivity contribution in [3.8, 4) is 22.6 Å². The molecule has 0 saturated heterocycles. The van der Waals surface area contributed by atoms with E-state index >= 15 is 0 Å². The van der Waals surface area contributed by atoms with Gasteiger partial charge < -0.3 is 19.0 Å². The molecule has 0 spiro atoms. The average molecular weight is 440 g/mol. The second kappa shape index (κ2) is 8.62. The summed E-state index contributed by atoms with van der Waals surface area (Å²) in [4.78, 5) is 11.4. The number of alkyl halides is 3. The van der Waals surface area contributed by atoms with Crippen molar-refractivity contribution in [2.24, 2.45) is 0 Å². The van der Waals surface area contributed by atoms with E-state index in [1.807, 2.05) is 0 Å². The number of ether oxygens (including phenoxy) is 2. The van der Waals surface area contributed by atoms with Gasteiger partial charge in [-0.1, -0.05) is 0 Å². The first kappa shape index (κ1) is 22.1. The lowest BCUT2D eigenvalue weighted by Crippen LogP contribution is -2.17. The maximum absolute atomic E-state index is 14.5. The van der Waals surface area contributed by atoms with Gasteiger partial charge >= 0.3 is 12.3 Å². The SMILES string of the molecule is COc1ccc(OC(F)(F)F)cc1-c1cc(F)cc(C(CC(=O)O)c2nnc(C)o2)c1. The van der Waals surface area contributed by atoms with Crippen LogP contribution in [0, 0.1) is 12.7 Å². The molecule has 0 aliphatic rings. The maximum Gasteiger partial charge on any atom is 0.573 e. The van der Waals surface area contributed by atoms with Crippen LogP contribution in [0.15, 0.2) is 40.8 Å². The molecule has 2 aromatic carbocycles. The molecule has 1 heterocycles. The van der Waals surface area contributed by atoms with Gasteiger partial charge in [-0.2, -0.15) is 0 Å². The van der Waals surface area contributed by atoms with Crippen molar-refractivity contribution in [1.29, 1.82) is 0 Å². The maximum atomic E-state index is 14.5. The molecule has 0 saturated carbocycles. The molecule has 164 valence electrons. The number of carbonyl (C=O) groups is 1. The van der Waals surface area contributed by atoms with Gasteiger partial charge in [-0.05, 0) is 47.5 Å². The van der Waals surface area contributed by atoms with E-state index in [-0.39, 0.29) is 34.2 Å². The molecule has 0 radical (unpaired) electrons. The molecular formula is C20H16F4N2O5. The van der Waals surface area contributed by atoms with Crippen molar-refractivity contribution in [2.45, 2.75) is 25.6 Å². The fourth-order valence-corrected chi connectivity index (χ4v) is 3.05. The Balaban J connectivity index is 2.11. The monoisotopic (exact) mass is 440 g/mol. The second-order valence-corrected chi connectivity index (χ2v) is 6.49. The van der Waals surface area contributed by atoms with Crippen molar-refractivity contribution < 1.29 is 41.4 Å². The van der Waals surface area contributed by atoms with Crippen molar-refractivity contribution >= 4 is 5.97 Å². The molecule has 1 aromatic heterocycles. The molecule has 0 fully saturated rings. The number of aromatic nitrogens is 2. The molecule has 0 aliphatic carbocycles. The third-order valence-electron chi connectivity index (χ3n) is 4.26. The Labute approximate surface area is 173 Å². The minimum absolute atomic E-state index is 0.0300. The number of halogens is 4. The van der Waals surface area contributed by atoms with Crippen LogP contribution in [0.2, 0.25) is 0 Å². The first-order valence-corrected chi connectivity index (χ1v) is 8.82. The molecule has 1 atom stereocenters. The first-order chi connectivity index (χ1) is 14.6. The van der Waals surface area contributed by atoms with Crippen LogP contribution in [-0.2, 0) is 4.79 Å². The highest BCUT2D eigenvalue weighted by molar-refractivity contribution is 5.74. The van der Waals surface area contributed by atoms with Crippen molar-refractivity contribution in [1.82, 2.24) is 10.2 Å². The zero-order valence-corrected chi connectivity index (χ0v) is 16.2. The van der Waals surface area contributed by atoms with E-state index in [1.165, 1.54) is 26.2 Å². The number of rotatable bonds is 7. The molecule has 1 N–H and O–H groups in total. The molecule has 3 aromatic rings. The molecule has 31 heavy (non-hydrogen) atoms. The van der Waals surface area contributed by atoms with Gasteiger partial charge in [-0.25, -0.2) is 4.39 Å². The summed E-state index contributed by atoms with van der Waals surface area (Å²) in [7, 11) is 1.30. The van der Waals surface area contributed by atoms with E-state index in [1.54, 1.807) is 0 Å². The fourth-order valence-electron chi connectivity index (χ4n) is 3.05. The molecule has 0 bridgehead atoms. The van der Waals surface area contributed by atoms with Gasteiger partial charge in [-0.3, -0.25) is 4.79 Å². The topological polar surface area (TPSA) is 94.7 Å². The molecular weight excluding hydrogens is 424 g/mol. The Kier molecular flexibility index (Phi) is 6.14. The van der Waals surface area contributed by atoms with Crippen molar-refractivity contribution in [3.63, 3.8) is 0 Å². The zero-order chi connectivity index (χ0) is 22.8. The van der Waals surface area contributed by atoms with E-state index in [0.29, 0.717) is 0 Å². The minimum Gasteiger partial charge on any atom is -0.496 e. The van der Waals surface area contributed by atoms with Gasteiger partial charge in [0.1, 0.15) is 17.3 Å². The Bertz CT molecular complexity index is 1100. The lowest BCUT2D eigenvalue weighted by atomic mass is 9.92. The lowest BCUT2D eigenvalue weighted by molar-refractivity contribution is -0.274. The summed E-state index contributed by atoms with van der Waals surface area (Å²) in [6.45, 7) is 1.52. The van der Waals surface area contributed by atoms with Crippen LogP contribution in [0.5, 0.6) is 11.5 Å². The number of carboxylic acids is 1. The van der Waals surface area contributed by atoms with Crippen LogP contribution in [0.3, 0.4) is 0 Å². The van der Waals surface area contributed by atoms with Crippen molar-refractivity contribution in [3.05, 3.63) is 59.6 Å². The summed E-state index contributed by atoms with van der Waals surface area (Å²) in [6.07, 6.45) is -5.39. The quantitative estimate of drug-likeness (QED) is 0.532. The summed E-state index contributed by atoms with van der Waals surface area (Å²) < 4.78 is 66.8. The van der Waals surface area contributed by atoms with Crippen LogP contribution in [-0.4, -0.2) is 34.7 Å². The second-order valence-electron chi connectivity index (χ2n) is 6.49. The number of carboxylic acid groups (broad SMARTS) is 1. The molecule has 3 rings (SSSR count). The van der Waals surface area contributed by atoms with Gasteiger partial charge in [0.15, 0.2) is 0 Å². The largest absolute Gasteiger partial charge is 0.573 e. The Morgan fingerprint density at radius 3 is 2.52 bits per heavy atom. The third-order valence-corrected chi connectivity index (χ3v) is 4.26. The third kappa shape index (κ3) is 5.50. The predicted octanol–water partition coefficient (Wildman–Crippen LogP) is 4.70. The summed E-state index contributed by atoms with van der Waals surface area (Å²) >= 11 is 0. The number of nitrogens with zero attached hydrogens (tertiary/aromatic N) is 2. The van der Waals surface area contributed by atoms with Gasteiger partial charge in [0.05, 0.1) is 19.4 Å². The lowest BCUT2D eigenvalue weighted by Gasteiger charge is -2.16. The average Bonchev–Trinajstić information content (AvgIpc) is 3.10. The molecule has 7 nitrogen and oxygen atoms in total. The van der Waals surface area contributed by atoms with Crippen LogP contribution in [0.4, 0.5) is 17.6 Å². The summed E-state index contributed by atoms with van der Waals surface area (Å²) in [5, 5.41) is 16.8. The van der Waals surface area contributed by atoms with E-state index in [2.05, 4.69) is 14.9 Å². The highest BCUT2D eigenvalue weighted by Crippen LogP contribution is 2.38. The summed E-state index contributed by atoms with van der Waals surface area (Å²) in [5.74, 6) is -3.11. The number of hydrogen-bond donors (Lipinski definition) is 1. The van der Waals surface area contributed by atoms with E-state index in [4.69, 9.17) is 9.15 Å². The van der Waals surface area contributed by atoms with Gasteiger partial charge in [0, 0.05) is 12.5 Å². The molecule has 0 aliphatic heterocycles. The van der Waals surface area contributed by atoms with Gasteiger partial charge in [-0.15, -0.1) is 23.4 Å². The molecule has 0 amide bonds. The predicted molar refractivity (Wildman–Crippen MR) is 98.2 cm³/mol. The summed E-state index contributed by atoms with van der Waals surface area (Å²) in [6, 6.07) is 6.95. The number of benzene rings is 2. The number of aliphatic carboxylic acids is 1. The first-order valence-electron chi connectivity index (χ1n) is 8.82. The highest BCUT2D eigenvalue weighted by atomic mass is 19.4. The number of methoxy groups -OCH3 is 1. The van der Waals surface area contributed by atoms with Crippen LogP contribution in [0.1, 0.15) is 29.7 Å². The van der Waals surface area contributed by atoms with E-state index in [0.717, 1.165) is 24.3 Å². The Morgan fingerprint density at radius 1 is 1.19 bits per heavy atom. The molecule has 1 unspecified atom stereocenters. The smallest absolute Gasteiger partial charge is 0.496 e.